The molecule has 0 saturated carbocycles. The van der Waals surface area contributed by atoms with Gasteiger partial charge in [-0.1, -0.05) is 0 Å². The minimum atomic E-state index is -1.78. The molecule has 23 heavy (non-hydrogen) atoms. The molecule has 8 N–H and O–H groups in total. The molecule has 135 valence electrons. The lowest BCUT2D eigenvalue weighted by molar-refractivity contribution is -0.339. The normalized spacial score (nSPS) is 49.3. The SMILES string of the molecule is OC[C]1O[C@@H](O)[C@H](O)[C@@H](O)[C@@H]1O[C@H]1O[C@H](CO)[C@@H](O)[C@H](O)[C@H]1O. The number of hydrogen-bond acceptors (Lipinski definition) is 11. The average Bonchev–Trinajstić information content (AvgIpc) is 2.55. The average molecular weight is 341 g/mol. The molecule has 0 bridgehead atoms. The smallest absolute Gasteiger partial charge is 0.187 e. The maximum absolute atomic E-state index is 9.92. The summed E-state index contributed by atoms with van der Waals surface area (Å²) in [5.41, 5.74) is 0. The van der Waals surface area contributed by atoms with E-state index in [0.29, 0.717) is 0 Å². The molecular weight excluding hydrogens is 320 g/mol. The lowest BCUT2D eigenvalue weighted by Gasteiger charge is -2.44. The van der Waals surface area contributed by atoms with Crippen LogP contribution < -0.4 is 0 Å². The highest BCUT2D eigenvalue weighted by Crippen LogP contribution is 2.31. The molecule has 0 amide bonds. The first-order valence-electron chi connectivity index (χ1n) is 6.95. The monoisotopic (exact) mass is 341 g/mol. The Bertz CT molecular complexity index is 378. The van der Waals surface area contributed by atoms with E-state index in [1.807, 2.05) is 0 Å². The van der Waals surface area contributed by atoms with E-state index in [9.17, 15) is 35.7 Å². The lowest BCUT2D eigenvalue weighted by atomic mass is 9.97. The van der Waals surface area contributed by atoms with Gasteiger partial charge in [0.05, 0.1) is 13.2 Å². The van der Waals surface area contributed by atoms with Gasteiger partial charge in [-0.3, -0.25) is 0 Å². The Balaban J connectivity index is 2.11. The second kappa shape index (κ2) is 7.63. The maximum Gasteiger partial charge on any atom is 0.187 e. The molecule has 0 spiro atoms. The van der Waals surface area contributed by atoms with Crippen LogP contribution in [0, 0.1) is 6.10 Å². The van der Waals surface area contributed by atoms with Crippen LogP contribution in [0.4, 0.5) is 0 Å². The second-order valence-corrected chi connectivity index (χ2v) is 5.37. The quantitative estimate of drug-likeness (QED) is 0.244. The van der Waals surface area contributed by atoms with Gasteiger partial charge in [-0.15, -0.1) is 0 Å². The molecular formula is C12H21O11. The Kier molecular flexibility index (Phi) is 6.27. The Morgan fingerprint density at radius 3 is 2.04 bits per heavy atom. The van der Waals surface area contributed by atoms with E-state index in [1.165, 1.54) is 0 Å². The molecule has 1 radical (unpaired) electrons. The zero-order valence-electron chi connectivity index (χ0n) is 11.9. The molecule has 2 saturated heterocycles. The summed E-state index contributed by atoms with van der Waals surface area (Å²) in [4.78, 5) is 0. The first-order valence-corrected chi connectivity index (χ1v) is 6.95. The molecule has 11 heteroatoms. The molecule has 2 aliphatic heterocycles. The van der Waals surface area contributed by atoms with Crippen molar-refractivity contribution in [1.29, 1.82) is 0 Å². The van der Waals surface area contributed by atoms with Crippen LogP contribution in [0.1, 0.15) is 0 Å². The van der Waals surface area contributed by atoms with Crippen molar-refractivity contribution in [1.82, 2.24) is 0 Å². The fourth-order valence-corrected chi connectivity index (χ4v) is 2.44. The van der Waals surface area contributed by atoms with Gasteiger partial charge in [0.25, 0.3) is 0 Å². The second-order valence-electron chi connectivity index (χ2n) is 5.37. The van der Waals surface area contributed by atoms with Crippen LogP contribution in [0.5, 0.6) is 0 Å². The third-order valence-corrected chi connectivity index (χ3v) is 3.83. The molecule has 2 aliphatic rings. The highest BCUT2D eigenvalue weighted by atomic mass is 16.7. The fourth-order valence-electron chi connectivity index (χ4n) is 2.44. The number of ether oxygens (including phenoxy) is 3. The van der Waals surface area contributed by atoms with Gasteiger partial charge < -0.3 is 55.1 Å². The Morgan fingerprint density at radius 2 is 1.48 bits per heavy atom. The van der Waals surface area contributed by atoms with Crippen molar-refractivity contribution in [2.45, 2.75) is 55.3 Å². The first kappa shape index (κ1) is 18.9. The van der Waals surface area contributed by atoms with Gasteiger partial charge >= 0.3 is 0 Å². The zero-order chi connectivity index (χ0) is 17.3. The largest absolute Gasteiger partial charge is 0.394 e. The van der Waals surface area contributed by atoms with Gasteiger partial charge in [-0.25, -0.2) is 0 Å². The van der Waals surface area contributed by atoms with Gasteiger partial charge in [0.15, 0.2) is 18.7 Å². The summed E-state index contributed by atoms with van der Waals surface area (Å²) in [6.45, 7) is -1.44. The van der Waals surface area contributed by atoms with Crippen LogP contribution in [0.2, 0.25) is 0 Å². The maximum atomic E-state index is 9.92. The predicted octanol–water partition coefficient (Wildman–Crippen LogP) is -5.23. The van der Waals surface area contributed by atoms with E-state index in [-0.39, 0.29) is 6.10 Å². The van der Waals surface area contributed by atoms with Crippen LogP contribution in [0.25, 0.3) is 0 Å². The van der Waals surface area contributed by atoms with E-state index in [1.54, 1.807) is 0 Å². The molecule has 0 aromatic heterocycles. The van der Waals surface area contributed by atoms with Crippen molar-refractivity contribution in [3.05, 3.63) is 6.10 Å². The van der Waals surface area contributed by atoms with Gasteiger partial charge in [-0.05, 0) is 0 Å². The van der Waals surface area contributed by atoms with Gasteiger partial charge in [0.1, 0.15) is 42.7 Å². The van der Waals surface area contributed by atoms with E-state index in [0.717, 1.165) is 0 Å². The third kappa shape index (κ3) is 3.65. The van der Waals surface area contributed by atoms with Crippen molar-refractivity contribution in [2.24, 2.45) is 0 Å². The molecule has 0 unspecified atom stereocenters. The number of aliphatic hydroxyl groups is 8. The number of aliphatic hydroxyl groups excluding tert-OH is 8. The van der Waals surface area contributed by atoms with Gasteiger partial charge in [0.2, 0.25) is 0 Å². The fraction of sp³-hybridized carbons (Fsp3) is 0.917. The Hall–Kier alpha value is -0.440. The lowest BCUT2D eigenvalue weighted by Crippen LogP contribution is -2.62. The van der Waals surface area contributed by atoms with Crippen molar-refractivity contribution < 1.29 is 55.1 Å². The minimum absolute atomic E-state index is 0.327. The standard InChI is InChI=1S/C12H21O11/c13-1-3-5(15)6(16)9(19)12(22-3)23-10-4(2-14)21-11(20)8(18)7(10)17/h3,5-20H,1-2H2/t3-,5-,6+,7-,8-,9-,10-,11-,12-/m1/s1. The van der Waals surface area contributed by atoms with Gasteiger partial charge in [0, 0.05) is 0 Å². The first-order chi connectivity index (χ1) is 10.8. The van der Waals surface area contributed by atoms with E-state index >= 15 is 0 Å². The predicted molar refractivity (Wildman–Crippen MR) is 68.1 cm³/mol. The van der Waals surface area contributed by atoms with Crippen LogP contribution in [0.3, 0.4) is 0 Å². The molecule has 2 heterocycles. The highest BCUT2D eigenvalue weighted by molar-refractivity contribution is 5.02. The molecule has 0 aliphatic carbocycles. The molecule has 0 aromatic rings. The van der Waals surface area contributed by atoms with Crippen molar-refractivity contribution in [3.8, 4) is 0 Å². The van der Waals surface area contributed by atoms with Crippen LogP contribution in [0.15, 0.2) is 0 Å². The topological polar surface area (TPSA) is 190 Å². The minimum Gasteiger partial charge on any atom is -0.394 e. The molecule has 2 fully saturated rings. The van der Waals surface area contributed by atoms with Crippen molar-refractivity contribution in [3.63, 3.8) is 0 Å². The van der Waals surface area contributed by atoms with E-state index in [2.05, 4.69) is 0 Å². The summed E-state index contributed by atoms with van der Waals surface area (Å²) in [7, 11) is 0. The zero-order valence-corrected chi connectivity index (χ0v) is 11.9. The highest BCUT2D eigenvalue weighted by Gasteiger charge is 2.50. The summed E-state index contributed by atoms with van der Waals surface area (Å²) < 4.78 is 15.1. The summed E-state index contributed by atoms with van der Waals surface area (Å²) in [5, 5.41) is 76.4. The van der Waals surface area contributed by atoms with Crippen LogP contribution >= 0.6 is 0 Å². The summed E-state index contributed by atoms with van der Waals surface area (Å²) in [6.07, 6.45) is -14.9. The Morgan fingerprint density at radius 1 is 0.826 bits per heavy atom. The van der Waals surface area contributed by atoms with E-state index in [4.69, 9.17) is 19.3 Å². The summed E-state index contributed by atoms with van der Waals surface area (Å²) in [6, 6.07) is 0. The molecule has 0 aromatic carbocycles. The van der Waals surface area contributed by atoms with Crippen molar-refractivity contribution in [2.75, 3.05) is 13.2 Å². The van der Waals surface area contributed by atoms with Gasteiger partial charge in [-0.2, -0.15) is 0 Å². The number of rotatable bonds is 4. The third-order valence-electron chi connectivity index (χ3n) is 3.83. The molecule has 9 atom stereocenters. The summed E-state index contributed by atoms with van der Waals surface area (Å²) >= 11 is 0. The molecule has 11 nitrogen and oxygen atoms in total. The van der Waals surface area contributed by atoms with Crippen molar-refractivity contribution >= 4 is 0 Å². The summed E-state index contributed by atoms with van der Waals surface area (Å²) in [5.74, 6) is 0. The van der Waals surface area contributed by atoms with E-state index < -0.39 is 68.5 Å². The van der Waals surface area contributed by atoms with Crippen LogP contribution in [-0.2, 0) is 14.2 Å². The molecule has 2 rings (SSSR count). The van der Waals surface area contributed by atoms with Crippen LogP contribution in [-0.4, -0.2) is 109 Å². The number of hydrogen-bond donors (Lipinski definition) is 8. The Labute approximate surface area is 130 Å².